The maximum atomic E-state index is 13.6. The summed E-state index contributed by atoms with van der Waals surface area (Å²) in [5.74, 6) is -1.66. The Labute approximate surface area is 176 Å². The van der Waals surface area contributed by atoms with Gasteiger partial charge in [0.25, 0.3) is 11.8 Å². The number of hydrogen-bond acceptors (Lipinski definition) is 4. The van der Waals surface area contributed by atoms with Crippen LogP contribution in [0.1, 0.15) is 40.1 Å². The summed E-state index contributed by atoms with van der Waals surface area (Å²) in [4.78, 5) is 24.6. The third-order valence-corrected chi connectivity index (χ3v) is 6.66. The molecule has 0 saturated heterocycles. The van der Waals surface area contributed by atoms with Crippen molar-refractivity contribution in [1.82, 2.24) is 14.9 Å². The van der Waals surface area contributed by atoms with Gasteiger partial charge < -0.3 is 10.6 Å². The second-order valence-corrected chi connectivity index (χ2v) is 8.50. The maximum absolute atomic E-state index is 13.6. The molecule has 2 N–H and O–H groups in total. The van der Waals surface area contributed by atoms with Crippen LogP contribution in [0.15, 0.2) is 47.4 Å². The van der Waals surface area contributed by atoms with Crippen LogP contribution in [0.25, 0.3) is 0 Å². The first-order valence-electron chi connectivity index (χ1n) is 9.64. The average Bonchev–Trinajstić information content (AvgIpc) is 2.72. The summed E-state index contributed by atoms with van der Waals surface area (Å²) in [5.41, 5.74) is 0.791. The van der Waals surface area contributed by atoms with Gasteiger partial charge in [0.05, 0.1) is 10.5 Å². The first-order chi connectivity index (χ1) is 14.2. The molecule has 0 saturated carbocycles. The quantitative estimate of drug-likeness (QED) is 0.591. The molecule has 0 atom stereocenters. The smallest absolute Gasteiger partial charge is 0.254 e. The zero-order valence-corrected chi connectivity index (χ0v) is 18.1. The Morgan fingerprint density at radius 2 is 1.50 bits per heavy atom. The number of aryl methyl sites for hydroxylation is 1. The zero-order valence-electron chi connectivity index (χ0n) is 17.2. The number of sulfonamides is 1. The number of nitrogens with one attached hydrogen (secondary N) is 2. The van der Waals surface area contributed by atoms with Gasteiger partial charge >= 0.3 is 0 Å². The van der Waals surface area contributed by atoms with Crippen LogP contribution in [0.5, 0.6) is 0 Å². The number of amides is 2. The van der Waals surface area contributed by atoms with Crippen LogP contribution in [-0.4, -0.2) is 50.7 Å². The number of halogens is 1. The van der Waals surface area contributed by atoms with Crippen LogP contribution in [0.2, 0.25) is 0 Å². The molecular formula is C21H26FN3O4S. The number of nitrogens with zero attached hydrogens (tertiary/aromatic N) is 1. The normalized spacial score (nSPS) is 11.4. The molecule has 7 nitrogen and oxygen atoms in total. The van der Waals surface area contributed by atoms with Crippen molar-refractivity contribution < 1.29 is 22.4 Å². The fourth-order valence-corrected chi connectivity index (χ4v) is 4.39. The molecule has 30 heavy (non-hydrogen) atoms. The molecule has 0 heterocycles. The van der Waals surface area contributed by atoms with Gasteiger partial charge in [0.15, 0.2) is 0 Å². The van der Waals surface area contributed by atoms with E-state index in [1.165, 1.54) is 34.6 Å². The molecule has 0 spiro atoms. The zero-order chi connectivity index (χ0) is 22.3. The second-order valence-electron chi connectivity index (χ2n) is 6.56. The Morgan fingerprint density at radius 3 is 2.07 bits per heavy atom. The van der Waals surface area contributed by atoms with Gasteiger partial charge in [0, 0.05) is 31.7 Å². The van der Waals surface area contributed by atoms with Gasteiger partial charge in [0.2, 0.25) is 10.0 Å². The lowest BCUT2D eigenvalue weighted by Crippen LogP contribution is -2.35. The lowest BCUT2D eigenvalue weighted by atomic mass is 10.1. The summed E-state index contributed by atoms with van der Waals surface area (Å²) in [6.07, 6.45) is 0. The molecule has 0 fully saturated rings. The molecule has 0 aliphatic rings. The Bertz CT molecular complexity index is 1020. The van der Waals surface area contributed by atoms with E-state index in [2.05, 4.69) is 10.6 Å². The van der Waals surface area contributed by atoms with Gasteiger partial charge in [-0.05, 0) is 36.8 Å². The second kappa shape index (κ2) is 10.3. The maximum Gasteiger partial charge on any atom is 0.254 e. The van der Waals surface area contributed by atoms with E-state index in [9.17, 15) is 22.4 Å². The molecule has 2 aromatic carbocycles. The van der Waals surface area contributed by atoms with E-state index in [4.69, 9.17) is 0 Å². The van der Waals surface area contributed by atoms with Crippen LogP contribution < -0.4 is 10.6 Å². The first kappa shape index (κ1) is 23.5. The largest absolute Gasteiger partial charge is 0.350 e. The predicted octanol–water partition coefficient (Wildman–Crippen LogP) is 2.32. The standard InChI is InChI=1S/C21H26FN3O4S/c1-4-25(5-2)30(28,29)16-11-10-15(3)18(14-16)21(27)24-13-12-23-20(26)17-8-6-7-9-19(17)22/h6-11,14H,4-5,12-13H2,1-3H3,(H,23,26)(H,24,27). The Hall–Kier alpha value is -2.78. The lowest BCUT2D eigenvalue weighted by molar-refractivity contribution is 0.0925. The van der Waals surface area contributed by atoms with E-state index in [1.807, 2.05) is 0 Å². The third kappa shape index (κ3) is 5.43. The minimum Gasteiger partial charge on any atom is -0.350 e. The lowest BCUT2D eigenvalue weighted by Gasteiger charge is -2.19. The summed E-state index contributed by atoms with van der Waals surface area (Å²) in [6.45, 7) is 6.06. The summed E-state index contributed by atoms with van der Waals surface area (Å²) >= 11 is 0. The van der Waals surface area contributed by atoms with Crippen molar-refractivity contribution in [1.29, 1.82) is 0 Å². The van der Waals surface area contributed by atoms with Crippen LogP contribution >= 0.6 is 0 Å². The highest BCUT2D eigenvalue weighted by atomic mass is 32.2. The van der Waals surface area contributed by atoms with Crippen molar-refractivity contribution in [2.24, 2.45) is 0 Å². The number of carbonyl (C=O) groups is 2. The molecule has 2 aromatic rings. The molecule has 2 amide bonds. The summed E-state index contributed by atoms with van der Waals surface area (Å²) in [5, 5.41) is 5.17. The van der Waals surface area contributed by atoms with E-state index in [0.29, 0.717) is 18.7 Å². The van der Waals surface area contributed by atoms with Gasteiger partial charge in [-0.1, -0.05) is 32.0 Å². The van der Waals surface area contributed by atoms with E-state index in [0.717, 1.165) is 0 Å². The Balaban J connectivity index is 2.02. The molecule has 9 heteroatoms. The van der Waals surface area contributed by atoms with E-state index < -0.39 is 27.7 Å². The molecule has 0 bridgehead atoms. The van der Waals surface area contributed by atoms with Gasteiger partial charge in [-0.15, -0.1) is 0 Å². The molecule has 0 aromatic heterocycles. The molecule has 0 radical (unpaired) electrons. The van der Waals surface area contributed by atoms with Crippen LogP contribution in [-0.2, 0) is 10.0 Å². The van der Waals surface area contributed by atoms with E-state index in [-0.39, 0.29) is 29.1 Å². The minimum atomic E-state index is -3.68. The predicted molar refractivity (Wildman–Crippen MR) is 112 cm³/mol. The molecule has 0 aliphatic carbocycles. The van der Waals surface area contributed by atoms with Crippen molar-refractivity contribution in [2.45, 2.75) is 25.7 Å². The highest BCUT2D eigenvalue weighted by Crippen LogP contribution is 2.19. The molecule has 0 unspecified atom stereocenters. The topological polar surface area (TPSA) is 95.6 Å². The first-order valence-corrected chi connectivity index (χ1v) is 11.1. The third-order valence-electron chi connectivity index (χ3n) is 4.61. The fraction of sp³-hybridized carbons (Fsp3) is 0.333. The average molecular weight is 436 g/mol. The molecule has 2 rings (SSSR count). The molecule has 0 aliphatic heterocycles. The van der Waals surface area contributed by atoms with Crippen molar-refractivity contribution in [3.63, 3.8) is 0 Å². The summed E-state index contributed by atoms with van der Waals surface area (Å²) in [6, 6.07) is 10.0. The number of carbonyl (C=O) groups excluding carboxylic acids is 2. The van der Waals surface area contributed by atoms with Gasteiger partial charge in [-0.3, -0.25) is 9.59 Å². The SMILES string of the molecule is CCN(CC)S(=O)(=O)c1ccc(C)c(C(=O)NCCNC(=O)c2ccccc2F)c1. The molecular weight excluding hydrogens is 409 g/mol. The summed E-state index contributed by atoms with van der Waals surface area (Å²) < 4.78 is 40.3. The van der Waals surface area contributed by atoms with Crippen LogP contribution in [0.3, 0.4) is 0 Å². The van der Waals surface area contributed by atoms with Crippen molar-refractivity contribution in [3.8, 4) is 0 Å². The van der Waals surface area contributed by atoms with Gasteiger partial charge in [-0.25, -0.2) is 12.8 Å². The Kier molecular flexibility index (Phi) is 8.08. The highest BCUT2D eigenvalue weighted by molar-refractivity contribution is 7.89. The summed E-state index contributed by atoms with van der Waals surface area (Å²) in [7, 11) is -3.68. The molecule has 162 valence electrons. The van der Waals surface area contributed by atoms with Gasteiger partial charge in [-0.2, -0.15) is 4.31 Å². The fourth-order valence-electron chi connectivity index (χ4n) is 2.91. The number of hydrogen-bond donors (Lipinski definition) is 2. The van der Waals surface area contributed by atoms with E-state index in [1.54, 1.807) is 32.9 Å². The van der Waals surface area contributed by atoms with Crippen LogP contribution in [0, 0.1) is 12.7 Å². The van der Waals surface area contributed by atoms with Crippen molar-refractivity contribution >= 4 is 21.8 Å². The van der Waals surface area contributed by atoms with Gasteiger partial charge in [0.1, 0.15) is 5.82 Å². The van der Waals surface area contributed by atoms with Crippen LogP contribution in [0.4, 0.5) is 4.39 Å². The van der Waals surface area contributed by atoms with E-state index >= 15 is 0 Å². The number of benzene rings is 2. The number of rotatable bonds is 9. The highest BCUT2D eigenvalue weighted by Gasteiger charge is 2.23. The van der Waals surface area contributed by atoms with Crippen molar-refractivity contribution in [3.05, 3.63) is 65.0 Å². The monoisotopic (exact) mass is 435 g/mol. The van der Waals surface area contributed by atoms with Crippen molar-refractivity contribution in [2.75, 3.05) is 26.2 Å². The minimum absolute atomic E-state index is 0.0507. The Morgan fingerprint density at radius 1 is 0.933 bits per heavy atom.